The molecule has 8 nitrogen and oxygen atoms in total. The second-order valence-electron chi connectivity index (χ2n) is 8.33. The van der Waals surface area contributed by atoms with Gasteiger partial charge in [0.05, 0.1) is 17.0 Å². The Balaban J connectivity index is 1.48. The number of nitrogens with two attached hydrogens (primary N) is 1. The third-order valence-electron chi connectivity index (χ3n) is 6.01. The number of amides is 2. The molecule has 1 aliphatic heterocycles. The molecule has 2 aromatic rings. The summed E-state index contributed by atoms with van der Waals surface area (Å²) in [6, 6.07) is 11.1. The molecule has 33 heavy (non-hydrogen) atoms. The number of carbonyl (C=O) groups is 2. The molecule has 2 amide bonds. The average molecular weight is 477 g/mol. The summed E-state index contributed by atoms with van der Waals surface area (Å²) < 4.78 is 35.8. The van der Waals surface area contributed by atoms with Crippen molar-refractivity contribution in [1.29, 1.82) is 0 Å². The van der Waals surface area contributed by atoms with Crippen molar-refractivity contribution >= 4 is 27.5 Å². The van der Waals surface area contributed by atoms with Crippen molar-refractivity contribution in [2.45, 2.75) is 43.7 Å². The lowest BCUT2D eigenvalue weighted by atomic mass is 9.94. The fraction of sp³-hybridized carbons (Fsp3) is 0.391. The van der Waals surface area contributed by atoms with Gasteiger partial charge < -0.3 is 10.6 Å². The first-order valence-electron chi connectivity index (χ1n) is 10.8. The van der Waals surface area contributed by atoms with E-state index < -0.39 is 10.0 Å². The van der Waals surface area contributed by atoms with Gasteiger partial charge in [-0.3, -0.25) is 14.5 Å². The molecule has 1 heterocycles. The molecule has 0 aliphatic carbocycles. The Labute approximate surface area is 193 Å². The predicted octanol–water partition coefficient (Wildman–Crippen LogP) is 2.39. The average Bonchev–Trinajstić information content (AvgIpc) is 2.78. The van der Waals surface area contributed by atoms with Crippen LogP contribution in [0.1, 0.15) is 38.3 Å². The third-order valence-corrected chi connectivity index (χ3v) is 6.94. The second-order valence-corrected chi connectivity index (χ2v) is 9.89. The fourth-order valence-electron chi connectivity index (χ4n) is 3.86. The number of carbonyl (C=O) groups excluding carboxylic acids is 2. The maximum Gasteiger partial charge on any atom is 0.238 e. The maximum absolute atomic E-state index is 13.1. The zero-order valence-electron chi connectivity index (χ0n) is 18.6. The summed E-state index contributed by atoms with van der Waals surface area (Å²) >= 11 is 0. The van der Waals surface area contributed by atoms with Gasteiger partial charge in [-0.2, -0.15) is 0 Å². The molecule has 0 radical (unpaired) electrons. The molecule has 1 saturated heterocycles. The van der Waals surface area contributed by atoms with Crippen molar-refractivity contribution < 1.29 is 22.4 Å². The first-order valence-corrected chi connectivity index (χ1v) is 12.3. The Morgan fingerprint density at radius 3 is 2.15 bits per heavy atom. The van der Waals surface area contributed by atoms with Crippen LogP contribution in [-0.2, 0) is 19.6 Å². The number of benzene rings is 2. The van der Waals surface area contributed by atoms with Crippen LogP contribution in [0, 0.1) is 11.7 Å². The summed E-state index contributed by atoms with van der Waals surface area (Å²) in [6.45, 7) is 4.88. The minimum atomic E-state index is -3.78. The normalized spacial score (nSPS) is 17.2. The van der Waals surface area contributed by atoms with Crippen LogP contribution < -0.4 is 15.8 Å². The molecule has 0 saturated carbocycles. The van der Waals surface area contributed by atoms with E-state index >= 15 is 0 Å². The van der Waals surface area contributed by atoms with Crippen molar-refractivity contribution in [3.63, 3.8) is 0 Å². The van der Waals surface area contributed by atoms with E-state index in [1.54, 1.807) is 12.1 Å². The number of primary sulfonamides is 1. The Kier molecular flexibility index (Phi) is 7.83. The quantitative estimate of drug-likeness (QED) is 0.567. The standard InChI is InChI=1S/C23H29FN4O4S/c1-15(17-3-5-19(24)6-4-17)26-22(29)16(2)28-13-11-18(12-14-28)23(30)27-20-7-9-21(10-8-20)33(25,31)32/h3-10,15-16,18H,11-14H2,1-2H3,(H,26,29)(H,27,30)(H2,25,31,32)/t15-,16+/m0/s1. The molecule has 178 valence electrons. The number of hydrogen-bond acceptors (Lipinski definition) is 5. The van der Waals surface area contributed by atoms with Crippen LogP contribution in [0.2, 0.25) is 0 Å². The summed E-state index contributed by atoms with van der Waals surface area (Å²) in [7, 11) is -3.78. The fourth-order valence-corrected chi connectivity index (χ4v) is 4.37. The lowest BCUT2D eigenvalue weighted by molar-refractivity contribution is -0.127. The summed E-state index contributed by atoms with van der Waals surface area (Å²) in [4.78, 5) is 27.3. The molecule has 1 aliphatic rings. The minimum absolute atomic E-state index is 0.0187. The molecule has 4 N–H and O–H groups in total. The van der Waals surface area contributed by atoms with Gasteiger partial charge >= 0.3 is 0 Å². The SMILES string of the molecule is C[C@H](NC(=O)[C@@H](C)N1CCC(C(=O)Nc2ccc(S(N)(=O)=O)cc2)CC1)c1ccc(F)cc1. The monoisotopic (exact) mass is 476 g/mol. The summed E-state index contributed by atoms with van der Waals surface area (Å²) in [5, 5.41) is 10.8. The number of nitrogens with one attached hydrogen (secondary N) is 2. The number of halogens is 1. The lowest BCUT2D eigenvalue weighted by Crippen LogP contribution is -2.49. The van der Waals surface area contributed by atoms with E-state index in [-0.39, 0.29) is 40.5 Å². The topological polar surface area (TPSA) is 122 Å². The number of rotatable bonds is 7. The van der Waals surface area contributed by atoms with Crippen LogP contribution in [-0.4, -0.2) is 44.3 Å². The van der Waals surface area contributed by atoms with Crippen molar-refractivity contribution in [3.8, 4) is 0 Å². The molecule has 2 aromatic carbocycles. The molecule has 10 heteroatoms. The van der Waals surface area contributed by atoms with Gasteiger partial charge in [0.1, 0.15) is 5.82 Å². The van der Waals surface area contributed by atoms with Gasteiger partial charge in [0.25, 0.3) is 0 Å². The minimum Gasteiger partial charge on any atom is -0.348 e. The molecular weight excluding hydrogens is 447 g/mol. The highest BCUT2D eigenvalue weighted by Crippen LogP contribution is 2.22. The van der Waals surface area contributed by atoms with Crippen LogP contribution in [0.4, 0.5) is 10.1 Å². The van der Waals surface area contributed by atoms with Crippen LogP contribution in [0.3, 0.4) is 0 Å². The number of anilines is 1. The first-order chi connectivity index (χ1) is 15.5. The van der Waals surface area contributed by atoms with Crippen LogP contribution in [0.15, 0.2) is 53.4 Å². The van der Waals surface area contributed by atoms with Gasteiger partial charge in [-0.1, -0.05) is 12.1 Å². The molecule has 0 spiro atoms. The Hall–Kier alpha value is -2.82. The summed E-state index contributed by atoms with van der Waals surface area (Å²) in [6.07, 6.45) is 1.21. The van der Waals surface area contributed by atoms with E-state index in [1.165, 1.54) is 36.4 Å². The summed E-state index contributed by atoms with van der Waals surface area (Å²) in [5.74, 6) is -0.782. The van der Waals surface area contributed by atoms with Crippen LogP contribution in [0.5, 0.6) is 0 Å². The number of sulfonamides is 1. The van der Waals surface area contributed by atoms with Crippen LogP contribution >= 0.6 is 0 Å². The molecule has 2 atom stereocenters. The maximum atomic E-state index is 13.1. The Morgan fingerprint density at radius 2 is 1.61 bits per heavy atom. The predicted molar refractivity (Wildman–Crippen MR) is 123 cm³/mol. The zero-order chi connectivity index (χ0) is 24.2. The molecule has 1 fully saturated rings. The van der Waals surface area contributed by atoms with Gasteiger partial charge in [0.15, 0.2) is 0 Å². The number of hydrogen-bond donors (Lipinski definition) is 3. The van der Waals surface area contributed by atoms with Crippen molar-refractivity contribution in [1.82, 2.24) is 10.2 Å². The smallest absolute Gasteiger partial charge is 0.238 e. The van der Waals surface area contributed by atoms with Gasteiger partial charge in [0, 0.05) is 11.6 Å². The highest BCUT2D eigenvalue weighted by atomic mass is 32.2. The number of nitrogens with zero attached hydrogens (tertiary/aromatic N) is 1. The zero-order valence-corrected chi connectivity index (χ0v) is 19.4. The van der Waals surface area contributed by atoms with Crippen molar-refractivity contribution in [2.75, 3.05) is 18.4 Å². The highest BCUT2D eigenvalue weighted by molar-refractivity contribution is 7.89. The Bertz CT molecular complexity index is 1080. The van der Waals surface area contributed by atoms with Gasteiger partial charge in [-0.05, 0) is 81.7 Å². The van der Waals surface area contributed by atoms with E-state index in [2.05, 4.69) is 10.6 Å². The number of piperidine rings is 1. The van der Waals surface area contributed by atoms with Gasteiger partial charge in [-0.25, -0.2) is 17.9 Å². The summed E-state index contributed by atoms with van der Waals surface area (Å²) in [5.41, 5.74) is 1.32. The largest absolute Gasteiger partial charge is 0.348 e. The van der Waals surface area contributed by atoms with E-state index in [0.717, 1.165) is 5.56 Å². The van der Waals surface area contributed by atoms with Crippen LogP contribution in [0.25, 0.3) is 0 Å². The third kappa shape index (κ3) is 6.59. The van der Waals surface area contributed by atoms with Crippen molar-refractivity contribution in [3.05, 3.63) is 59.9 Å². The molecular formula is C23H29FN4O4S. The van der Waals surface area contributed by atoms with E-state index in [1.807, 2.05) is 18.7 Å². The first kappa shape index (κ1) is 24.8. The number of likely N-dealkylation sites (tertiary alicyclic amines) is 1. The van der Waals surface area contributed by atoms with Gasteiger partial charge in [0.2, 0.25) is 21.8 Å². The molecule has 0 unspecified atom stereocenters. The van der Waals surface area contributed by atoms with E-state index in [4.69, 9.17) is 5.14 Å². The lowest BCUT2D eigenvalue weighted by Gasteiger charge is -2.35. The second kappa shape index (κ2) is 10.4. The van der Waals surface area contributed by atoms with E-state index in [0.29, 0.717) is 31.6 Å². The molecule has 0 bridgehead atoms. The molecule has 3 rings (SSSR count). The van der Waals surface area contributed by atoms with Crippen molar-refractivity contribution in [2.24, 2.45) is 11.1 Å². The van der Waals surface area contributed by atoms with Gasteiger partial charge in [-0.15, -0.1) is 0 Å². The molecule has 0 aromatic heterocycles. The highest BCUT2D eigenvalue weighted by Gasteiger charge is 2.30. The van der Waals surface area contributed by atoms with E-state index in [9.17, 15) is 22.4 Å². The Morgan fingerprint density at radius 1 is 1.03 bits per heavy atom.